The highest BCUT2D eigenvalue weighted by molar-refractivity contribution is 7.09. The number of carboxylic acids is 1. The van der Waals surface area contributed by atoms with E-state index in [2.05, 4.69) is 29.2 Å². The van der Waals surface area contributed by atoms with Crippen LogP contribution in [0, 0.1) is 12.8 Å². The van der Waals surface area contributed by atoms with E-state index >= 15 is 0 Å². The molecule has 1 fully saturated rings. The molecule has 0 radical (unpaired) electrons. The Balaban J connectivity index is 1.71. The minimum absolute atomic E-state index is 0.0466. The molecule has 2 unspecified atom stereocenters. The van der Waals surface area contributed by atoms with Gasteiger partial charge in [0, 0.05) is 24.4 Å². The molecule has 1 saturated heterocycles. The minimum Gasteiger partial charge on any atom is -0.481 e. The largest absolute Gasteiger partial charge is 0.481 e. The van der Waals surface area contributed by atoms with Crippen molar-refractivity contribution in [1.82, 2.24) is 9.88 Å². The van der Waals surface area contributed by atoms with E-state index in [0.29, 0.717) is 25.0 Å². The van der Waals surface area contributed by atoms with Crippen LogP contribution in [-0.2, 0) is 11.2 Å². The number of amides is 1. The van der Waals surface area contributed by atoms with Crippen molar-refractivity contribution in [3.63, 3.8) is 0 Å². The molecule has 132 valence electrons. The van der Waals surface area contributed by atoms with E-state index in [1.807, 2.05) is 13.8 Å². The third kappa shape index (κ3) is 4.07. The number of aliphatic carboxylic acids is 1. The van der Waals surface area contributed by atoms with Crippen molar-refractivity contribution in [3.8, 4) is 0 Å². The number of thiazole rings is 1. The molecule has 1 aliphatic rings. The summed E-state index contributed by atoms with van der Waals surface area (Å²) in [4.78, 5) is 30.2. The highest BCUT2D eigenvalue weighted by Gasteiger charge is 2.33. The fraction of sp³-hybridized carbons (Fsp3) is 0.421. The van der Waals surface area contributed by atoms with Gasteiger partial charge in [0.25, 0.3) is 5.91 Å². The van der Waals surface area contributed by atoms with Gasteiger partial charge in [-0.15, -0.1) is 11.3 Å². The number of likely N-dealkylation sites (tertiary alicyclic amines) is 1. The number of carboxylic acid groups (broad SMARTS) is 1. The van der Waals surface area contributed by atoms with E-state index in [-0.39, 0.29) is 18.5 Å². The van der Waals surface area contributed by atoms with Gasteiger partial charge < -0.3 is 10.0 Å². The van der Waals surface area contributed by atoms with Crippen LogP contribution in [0.4, 0.5) is 0 Å². The monoisotopic (exact) mass is 358 g/mol. The molecular weight excluding hydrogens is 336 g/mol. The Morgan fingerprint density at radius 3 is 2.68 bits per heavy atom. The lowest BCUT2D eigenvalue weighted by atomic mass is 9.93. The number of nitrogens with zero attached hydrogens (tertiary/aromatic N) is 2. The topological polar surface area (TPSA) is 70.5 Å². The van der Waals surface area contributed by atoms with Gasteiger partial charge in [-0.05, 0) is 32.3 Å². The maximum absolute atomic E-state index is 12.8. The third-order valence-corrected chi connectivity index (χ3v) is 5.59. The first-order valence-corrected chi connectivity index (χ1v) is 9.35. The van der Waals surface area contributed by atoms with Crippen LogP contribution in [0.5, 0.6) is 0 Å². The van der Waals surface area contributed by atoms with E-state index in [9.17, 15) is 14.7 Å². The summed E-state index contributed by atoms with van der Waals surface area (Å²) in [6.07, 6.45) is 2.03. The zero-order valence-corrected chi connectivity index (χ0v) is 15.3. The molecule has 1 N–H and O–H groups in total. The Kier molecular flexibility index (Phi) is 5.18. The number of benzene rings is 1. The Morgan fingerprint density at radius 2 is 2.00 bits per heavy atom. The number of carbonyl (C=O) groups excluding carboxylic acids is 1. The predicted octanol–water partition coefficient (Wildman–Crippen LogP) is 3.37. The second-order valence-corrected chi connectivity index (χ2v) is 7.65. The van der Waals surface area contributed by atoms with E-state index in [1.54, 1.807) is 10.3 Å². The summed E-state index contributed by atoms with van der Waals surface area (Å²) in [5.41, 5.74) is 2.80. The molecule has 1 aromatic carbocycles. The molecular formula is C19H22N2O3S. The van der Waals surface area contributed by atoms with Gasteiger partial charge >= 0.3 is 5.97 Å². The summed E-state index contributed by atoms with van der Waals surface area (Å²) < 4.78 is 0. The highest BCUT2D eigenvalue weighted by Crippen LogP contribution is 2.25. The van der Waals surface area contributed by atoms with Gasteiger partial charge in [0.2, 0.25) is 0 Å². The summed E-state index contributed by atoms with van der Waals surface area (Å²) in [6, 6.07) is 8.32. The molecule has 6 heteroatoms. The first-order valence-electron chi connectivity index (χ1n) is 8.47. The fourth-order valence-corrected chi connectivity index (χ4v) is 3.91. The van der Waals surface area contributed by atoms with Crippen molar-refractivity contribution in [2.75, 3.05) is 6.54 Å². The van der Waals surface area contributed by atoms with Crippen LogP contribution in [0.25, 0.3) is 0 Å². The van der Waals surface area contributed by atoms with Crippen molar-refractivity contribution >= 4 is 23.2 Å². The van der Waals surface area contributed by atoms with Gasteiger partial charge in [-0.25, -0.2) is 4.98 Å². The maximum atomic E-state index is 12.8. The number of aryl methyl sites for hydroxylation is 1. The Labute approximate surface area is 151 Å². The molecule has 5 nitrogen and oxygen atoms in total. The molecule has 1 aliphatic heterocycles. The Bertz CT molecular complexity index is 769. The maximum Gasteiger partial charge on any atom is 0.308 e. The summed E-state index contributed by atoms with van der Waals surface area (Å²) in [6.45, 7) is 4.28. The van der Waals surface area contributed by atoms with Crippen molar-refractivity contribution in [2.24, 2.45) is 5.92 Å². The average Bonchev–Trinajstić information content (AvgIpc) is 3.05. The minimum atomic E-state index is -0.831. The highest BCUT2D eigenvalue weighted by atomic mass is 32.1. The molecule has 0 spiro atoms. The Hall–Kier alpha value is -2.21. The molecule has 2 aromatic rings. The molecule has 0 aliphatic carbocycles. The molecule has 1 amide bonds. The van der Waals surface area contributed by atoms with Crippen LogP contribution < -0.4 is 0 Å². The molecule has 1 aromatic heterocycles. The second-order valence-electron chi connectivity index (χ2n) is 6.71. The van der Waals surface area contributed by atoms with Gasteiger partial charge in [-0.2, -0.15) is 0 Å². The van der Waals surface area contributed by atoms with Crippen LogP contribution in [0.3, 0.4) is 0 Å². The van der Waals surface area contributed by atoms with Crippen molar-refractivity contribution in [3.05, 3.63) is 51.5 Å². The second kappa shape index (κ2) is 7.35. The lowest BCUT2D eigenvalue weighted by Crippen LogP contribution is -2.47. The molecule has 2 heterocycles. The fourth-order valence-electron chi connectivity index (χ4n) is 3.11. The summed E-state index contributed by atoms with van der Waals surface area (Å²) >= 11 is 1.47. The number of aromatic nitrogens is 1. The standard InChI is InChI=1S/C19H22N2O3S/c1-12-3-6-14(7-4-12)9-17-20-16(11-25-17)18(22)21-10-15(19(23)24)8-5-13(21)2/h3-4,6-7,11,13,15H,5,8-10H2,1-2H3,(H,23,24). The zero-order chi connectivity index (χ0) is 18.0. The molecule has 2 atom stereocenters. The van der Waals surface area contributed by atoms with Crippen LogP contribution in [0.2, 0.25) is 0 Å². The zero-order valence-electron chi connectivity index (χ0n) is 14.4. The van der Waals surface area contributed by atoms with Crippen molar-refractivity contribution in [2.45, 2.75) is 39.2 Å². The lowest BCUT2D eigenvalue weighted by Gasteiger charge is -2.36. The average molecular weight is 358 g/mol. The van der Waals surface area contributed by atoms with E-state index < -0.39 is 11.9 Å². The van der Waals surface area contributed by atoms with E-state index in [0.717, 1.165) is 10.6 Å². The van der Waals surface area contributed by atoms with Crippen LogP contribution >= 0.6 is 11.3 Å². The Morgan fingerprint density at radius 1 is 1.28 bits per heavy atom. The predicted molar refractivity (Wildman–Crippen MR) is 97.0 cm³/mol. The number of hydrogen-bond acceptors (Lipinski definition) is 4. The van der Waals surface area contributed by atoms with Gasteiger partial charge in [0.15, 0.2) is 0 Å². The lowest BCUT2D eigenvalue weighted by molar-refractivity contribution is -0.143. The van der Waals surface area contributed by atoms with Crippen LogP contribution in [0.1, 0.15) is 46.4 Å². The molecule has 0 saturated carbocycles. The van der Waals surface area contributed by atoms with Gasteiger partial charge in [0.1, 0.15) is 5.69 Å². The number of hydrogen-bond donors (Lipinski definition) is 1. The van der Waals surface area contributed by atoms with Crippen LogP contribution in [0.15, 0.2) is 29.6 Å². The van der Waals surface area contributed by atoms with Crippen LogP contribution in [-0.4, -0.2) is 39.5 Å². The number of carbonyl (C=O) groups is 2. The van der Waals surface area contributed by atoms with E-state index in [1.165, 1.54) is 16.9 Å². The third-order valence-electron chi connectivity index (χ3n) is 4.74. The van der Waals surface area contributed by atoms with Gasteiger partial charge in [-0.3, -0.25) is 9.59 Å². The number of piperidine rings is 1. The normalized spacial score (nSPS) is 20.5. The molecule has 0 bridgehead atoms. The van der Waals surface area contributed by atoms with Gasteiger partial charge in [0.05, 0.1) is 10.9 Å². The van der Waals surface area contributed by atoms with E-state index in [4.69, 9.17) is 0 Å². The SMILES string of the molecule is Cc1ccc(Cc2nc(C(=O)N3CC(C(=O)O)CCC3C)cs2)cc1. The van der Waals surface area contributed by atoms with Crippen molar-refractivity contribution in [1.29, 1.82) is 0 Å². The number of rotatable bonds is 4. The first kappa shape index (κ1) is 17.6. The summed E-state index contributed by atoms with van der Waals surface area (Å²) in [7, 11) is 0. The molecule has 3 rings (SSSR count). The van der Waals surface area contributed by atoms with Crippen molar-refractivity contribution < 1.29 is 14.7 Å². The van der Waals surface area contributed by atoms with Gasteiger partial charge in [-0.1, -0.05) is 29.8 Å². The quantitative estimate of drug-likeness (QED) is 0.910. The summed E-state index contributed by atoms with van der Waals surface area (Å²) in [5.74, 6) is -1.47. The smallest absolute Gasteiger partial charge is 0.308 e. The first-order chi connectivity index (χ1) is 11.9. The summed E-state index contributed by atoms with van der Waals surface area (Å²) in [5, 5.41) is 11.9. The molecule has 25 heavy (non-hydrogen) atoms.